The molecule has 2 N–H and O–H groups in total. The number of hydrogen-bond donors (Lipinski definition) is 2. The molecule has 0 unspecified atom stereocenters. The van der Waals surface area contributed by atoms with Crippen LogP contribution in [0.15, 0.2) is 9.68 Å². The van der Waals surface area contributed by atoms with Crippen LogP contribution in [0.2, 0.25) is 0 Å². The summed E-state index contributed by atoms with van der Waals surface area (Å²) in [6.45, 7) is 4.59. The molecule has 14 heavy (non-hydrogen) atoms. The van der Waals surface area contributed by atoms with Crippen molar-refractivity contribution < 1.29 is 14.5 Å². The molecule has 1 heterocycles. The highest BCUT2D eigenvalue weighted by atomic mass is 16.5. The van der Waals surface area contributed by atoms with Crippen molar-refractivity contribution in [1.82, 2.24) is 5.16 Å². The molecule has 0 spiro atoms. The number of carbonyl (C=O) groups is 1. The Morgan fingerprint density at radius 1 is 1.57 bits per heavy atom. The molecular weight excluding hydrogens is 186 g/mol. The number of aryl methyl sites for hydroxylation is 1. The van der Waals surface area contributed by atoms with E-state index in [-0.39, 0.29) is 11.6 Å². The maximum absolute atomic E-state index is 10.8. The minimum absolute atomic E-state index is 0.233. The van der Waals surface area contributed by atoms with Gasteiger partial charge >= 0.3 is 0 Å². The van der Waals surface area contributed by atoms with E-state index in [1.165, 1.54) is 6.92 Å². The van der Waals surface area contributed by atoms with E-state index in [1.807, 2.05) is 0 Å². The van der Waals surface area contributed by atoms with Crippen molar-refractivity contribution in [3.63, 3.8) is 0 Å². The Kier molecular flexibility index (Phi) is 2.85. The van der Waals surface area contributed by atoms with E-state index in [2.05, 4.69) is 15.6 Å². The first-order chi connectivity index (χ1) is 6.56. The molecule has 0 bridgehead atoms. The molecule has 1 aromatic heterocycles. The van der Waals surface area contributed by atoms with Crippen molar-refractivity contribution in [2.24, 2.45) is 5.16 Å². The molecule has 0 aliphatic rings. The number of aromatic nitrogens is 1. The summed E-state index contributed by atoms with van der Waals surface area (Å²) < 4.78 is 4.86. The largest absolute Gasteiger partial charge is 0.411 e. The smallest absolute Gasteiger partial charge is 0.221 e. The number of carbonyl (C=O) groups excluding carboxylic acids is 1. The normalized spacial score (nSPS) is 11.5. The number of anilines is 1. The van der Waals surface area contributed by atoms with Gasteiger partial charge in [-0.3, -0.25) is 4.79 Å². The molecule has 0 fully saturated rings. The molecule has 6 heteroatoms. The van der Waals surface area contributed by atoms with Crippen molar-refractivity contribution >= 4 is 17.3 Å². The molecule has 0 saturated carbocycles. The van der Waals surface area contributed by atoms with Crippen LogP contribution >= 0.6 is 0 Å². The first-order valence-corrected chi connectivity index (χ1v) is 3.99. The first kappa shape index (κ1) is 10.2. The zero-order valence-electron chi connectivity index (χ0n) is 8.16. The lowest BCUT2D eigenvalue weighted by molar-refractivity contribution is -0.114. The summed E-state index contributed by atoms with van der Waals surface area (Å²) in [5.74, 6) is 0.237. The van der Waals surface area contributed by atoms with Crippen LogP contribution in [0.3, 0.4) is 0 Å². The Hall–Kier alpha value is -1.85. The molecule has 6 nitrogen and oxygen atoms in total. The number of oxime groups is 1. The molecule has 0 radical (unpaired) electrons. The van der Waals surface area contributed by atoms with Crippen LogP contribution in [0, 0.1) is 6.92 Å². The summed E-state index contributed by atoms with van der Waals surface area (Å²) in [6.07, 6.45) is 0. The van der Waals surface area contributed by atoms with Crippen LogP contribution in [0.1, 0.15) is 25.3 Å². The Labute approximate surface area is 80.6 Å². The molecule has 1 aromatic rings. The summed E-state index contributed by atoms with van der Waals surface area (Å²) in [7, 11) is 0. The standard InChI is InChI=1S/C8H11N3O3/c1-4(10-13)7-8(9-6(3)12)5(2)14-11-7/h13H,1-3H3,(H,9,12)/b10-4+. The number of nitrogens with one attached hydrogen (secondary N) is 1. The van der Waals surface area contributed by atoms with Gasteiger partial charge in [0, 0.05) is 6.92 Å². The van der Waals surface area contributed by atoms with E-state index in [1.54, 1.807) is 13.8 Å². The maximum atomic E-state index is 10.8. The highest BCUT2D eigenvalue weighted by molar-refractivity contribution is 6.04. The van der Waals surface area contributed by atoms with Gasteiger partial charge in [-0.05, 0) is 13.8 Å². The fraction of sp³-hybridized carbons (Fsp3) is 0.375. The van der Waals surface area contributed by atoms with Crippen LogP contribution in [-0.4, -0.2) is 22.0 Å². The fourth-order valence-corrected chi connectivity index (χ4v) is 0.990. The Morgan fingerprint density at radius 3 is 2.71 bits per heavy atom. The average Bonchev–Trinajstić information content (AvgIpc) is 2.46. The second kappa shape index (κ2) is 3.91. The SMILES string of the molecule is CC(=O)Nc1c(/C(C)=N/O)noc1C. The lowest BCUT2D eigenvalue weighted by Crippen LogP contribution is -2.10. The quantitative estimate of drug-likeness (QED) is 0.422. The third-order valence-electron chi connectivity index (χ3n) is 1.66. The monoisotopic (exact) mass is 197 g/mol. The molecule has 0 aliphatic carbocycles. The van der Waals surface area contributed by atoms with Crippen molar-refractivity contribution in [1.29, 1.82) is 0 Å². The molecular formula is C8H11N3O3. The van der Waals surface area contributed by atoms with Gasteiger partial charge in [0.25, 0.3) is 0 Å². The van der Waals surface area contributed by atoms with Crippen molar-refractivity contribution in [2.45, 2.75) is 20.8 Å². The number of amides is 1. The summed E-state index contributed by atoms with van der Waals surface area (Å²) in [6, 6.07) is 0. The Balaban J connectivity index is 3.12. The van der Waals surface area contributed by atoms with Crippen LogP contribution in [0.4, 0.5) is 5.69 Å². The van der Waals surface area contributed by atoms with Gasteiger partial charge < -0.3 is 15.0 Å². The predicted molar refractivity (Wildman–Crippen MR) is 49.5 cm³/mol. The van der Waals surface area contributed by atoms with E-state index >= 15 is 0 Å². The van der Waals surface area contributed by atoms with Gasteiger partial charge in [0.1, 0.15) is 11.4 Å². The highest BCUT2D eigenvalue weighted by Gasteiger charge is 2.16. The summed E-state index contributed by atoms with van der Waals surface area (Å²) in [4.78, 5) is 10.8. The van der Waals surface area contributed by atoms with Crippen LogP contribution < -0.4 is 5.32 Å². The summed E-state index contributed by atoms with van der Waals surface area (Å²) >= 11 is 0. The van der Waals surface area contributed by atoms with Gasteiger partial charge in [-0.25, -0.2) is 0 Å². The molecule has 0 aliphatic heterocycles. The first-order valence-electron chi connectivity index (χ1n) is 3.99. The van der Waals surface area contributed by atoms with E-state index < -0.39 is 0 Å². The van der Waals surface area contributed by atoms with Crippen LogP contribution in [-0.2, 0) is 4.79 Å². The van der Waals surface area contributed by atoms with Gasteiger partial charge in [0.05, 0.1) is 0 Å². The minimum atomic E-state index is -0.233. The van der Waals surface area contributed by atoms with Crippen molar-refractivity contribution in [2.75, 3.05) is 5.32 Å². The van der Waals surface area contributed by atoms with Gasteiger partial charge in [-0.2, -0.15) is 0 Å². The third kappa shape index (κ3) is 1.90. The summed E-state index contributed by atoms with van der Waals surface area (Å²) in [5.41, 5.74) is 1.05. The third-order valence-corrected chi connectivity index (χ3v) is 1.66. The van der Waals surface area contributed by atoms with Gasteiger partial charge in [0.15, 0.2) is 11.5 Å². The molecule has 1 amide bonds. The van der Waals surface area contributed by atoms with Gasteiger partial charge in [-0.15, -0.1) is 0 Å². The molecule has 0 saturated heterocycles. The number of hydrogen-bond acceptors (Lipinski definition) is 5. The molecule has 1 rings (SSSR count). The van der Waals surface area contributed by atoms with E-state index in [0.29, 0.717) is 17.1 Å². The topological polar surface area (TPSA) is 87.7 Å². The van der Waals surface area contributed by atoms with Crippen molar-refractivity contribution in [3.05, 3.63) is 11.5 Å². The van der Waals surface area contributed by atoms with Gasteiger partial charge in [-0.1, -0.05) is 10.3 Å². The second-order valence-electron chi connectivity index (χ2n) is 2.83. The maximum Gasteiger partial charge on any atom is 0.221 e. The van der Waals surface area contributed by atoms with Gasteiger partial charge in [0.2, 0.25) is 5.91 Å². The fourth-order valence-electron chi connectivity index (χ4n) is 0.990. The molecule has 0 aromatic carbocycles. The average molecular weight is 197 g/mol. The van der Waals surface area contributed by atoms with Crippen LogP contribution in [0.25, 0.3) is 0 Å². The Morgan fingerprint density at radius 2 is 2.21 bits per heavy atom. The number of rotatable bonds is 2. The Bertz CT molecular complexity index is 381. The van der Waals surface area contributed by atoms with E-state index in [0.717, 1.165) is 0 Å². The highest BCUT2D eigenvalue weighted by Crippen LogP contribution is 2.20. The van der Waals surface area contributed by atoms with Crippen LogP contribution in [0.5, 0.6) is 0 Å². The minimum Gasteiger partial charge on any atom is -0.411 e. The molecule has 76 valence electrons. The zero-order valence-corrected chi connectivity index (χ0v) is 8.16. The summed E-state index contributed by atoms with van der Waals surface area (Å²) in [5, 5.41) is 17.7. The zero-order chi connectivity index (χ0) is 10.7. The van der Waals surface area contributed by atoms with E-state index in [4.69, 9.17) is 9.73 Å². The lowest BCUT2D eigenvalue weighted by Gasteiger charge is -2.00. The number of nitrogens with zero attached hydrogens (tertiary/aromatic N) is 2. The second-order valence-corrected chi connectivity index (χ2v) is 2.83. The van der Waals surface area contributed by atoms with Crippen molar-refractivity contribution in [3.8, 4) is 0 Å². The predicted octanol–water partition coefficient (Wildman–Crippen LogP) is 1.14. The van der Waals surface area contributed by atoms with E-state index in [9.17, 15) is 4.79 Å². The lowest BCUT2D eigenvalue weighted by atomic mass is 10.2. The molecule has 0 atom stereocenters.